The van der Waals surface area contributed by atoms with E-state index < -0.39 is 51.3 Å². The van der Waals surface area contributed by atoms with E-state index in [1.54, 1.807) is 30.3 Å². The van der Waals surface area contributed by atoms with Gasteiger partial charge in [0.1, 0.15) is 27.4 Å². The largest absolute Gasteiger partial charge is 1.00 e. The monoisotopic (exact) mass is 586 g/mol. The van der Waals surface area contributed by atoms with Crippen LogP contribution in [0.25, 0.3) is 0 Å². The van der Waals surface area contributed by atoms with Crippen LogP contribution in [0, 0.1) is 0 Å². The minimum absolute atomic E-state index is 0. The third-order valence-electron chi connectivity index (χ3n) is 5.06. The molecule has 0 radical (unpaired) electrons. The second kappa shape index (κ2) is 13.4. The van der Waals surface area contributed by atoms with Gasteiger partial charge in [0.05, 0.1) is 11.7 Å². The van der Waals surface area contributed by atoms with Gasteiger partial charge in [-0.25, -0.2) is 13.1 Å². The number of hydrogen-bond acceptors (Lipinski definition) is 13. The van der Waals surface area contributed by atoms with Gasteiger partial charge >= 0.3 is 59.1 Å². The van der Waals surface area contributed by atoms with Crippen LogP contribution < -0.4 is 69.5 Å². The quantitative estimate of drug-likeness (QED) is 0.121. The number of carboxylic acid groups (broad SMARTS) is 1. The molecule has 1 saturated heterocycles. The number of hydrogen-bond donors (Lipinski definition) is 2. The molecule has 0 spiro atoms. The van der Waals surface area contributed by atoms with E-state index in [1.807, 2.05) is 0 Å². The molecule has 19 heteroatoms. The minimum Gasteiger partial charge on any atom is -0.747 e. The molecule has 1 aromatic carbocycles. The van der Waals surface area contributed by atoms with E-state index >= 15 is 0 Å². The predicted molar refractivity (Wildman–Crippen MR) is 117 cm³/mol. The summed E-state index contributed by atoms with van der Waals surface area (Å²) < 4.78 is 33.7. The number of carbonyl (C=O) groups excluding carboxylic acids is 3. The zero-order valence-electron chi connectivity index (χ0n) is 19.5. The van der Waals surface area contributed by atoms with Crippen LogP contribution in [0.3, 0.4) is 0 Å². The molecule has 2 aliphatic heterocycles. The van der Waals surface area contributed by atoms with Gasteiger partial charge in [-0.1, -0.05) is 42.1 Å². The Hall–Kier alpha value is -0.990. The van der Waals surface area contributed by atoms with Crippen LogP contribution in [0.5, 0.6) is 0 Å². The van der Waals surface area contributed by atoms with Crippen LogP contribution in [-0.4, -0.2) is 83.9 Å². The number of aliphatic hydroxyl groups excluding tert-OH is 1. The number of carbonyl (C=O) groups is 3. The number of aliphatic carboxylic acids is 1. The van der Waals surface area contributed by atoms with Gasteiger partial charge in [0.15, 0.2) is 6.10 Å². The summed E-state index contributed by atoms with van der Waals surface area (Å²) in [5.74, 6) is -3.95. The number of tetrazole rings is 1. The molecule has 3 atom stereocenters. The number of aliphatic hydroxyl groups is 1. The number of rotatable bonds is 9. The number of benzene rings is 1. The third-order valence-corrected chi connectivity index (χ3v) is 8.00. The van der Waals surface area contributed by atoms with Crippen molar-refractivity contribution in [2.45, 2.75) is 28.6 Å². The summed E-state index contributed by atoms with van der Waals surface area (Å²) in [6.07, 6.45) is -1.50. The number of amides is 2. The van der Waals surface area contributed by atoms with Crippen molar-refractivity contribution < 1.29 is 96.7 Å². The van der Waals surface area contributed by atoms with Crippen molar-refractivity contribution in [1.29, 1.82) is 0 Å². The van der Waals surface area contributed by atoms with E-state index in [1.165, 1.54) is 11.8 Å². The number of nitrogens with one attached hydrogen (secondary N) is 1. The molecule has 186 valence electrons. The van der Waals surface area contributed by atoms with Gasteiger partial charge in [-0.05, 0) is 21.6 Å². The first-order chi connectivity index (χ1) is 16.6. The Bertz CT molecular complexity index is 1310. The van der Waals surface area contributed by atoms with E-state index in [2.05, 4.69) is 20.8 Å². The summed E-state index contributed by atoms with van der Waals surface area (Å²) in [7, 11) is -4.66. The topological polar surface area (TPSA) is 211 Å². The molecule has 0 bridgehead atoms. The summed E-state index contributed by atoms with van der Waals surface area (Å²) >= 11 is 2.08. The Morgan fingerprint density at radius 3 is 2.57 bits per heavy atom. The molecule has 2 amide bonds. The van der Waals surface area contributed by atoms with E-state index in [4.69, 9.17) is 0 Å². The molecule has 2 N–H and O–H groups in total. The van der Waals surface area contributed by atoms with Crippen molar-refractivity contribution in [2.24, 2.45) is 0 Å². The smallest absolute Gasteiger partial charge is 0.747 e. The summed E-state index contributed by atoms with van der Waals surface area (Å²) in [6.45, 7) is 0. The third kappa shape index (κ3) is 7.36. The van der Waals surface area contributed by atoms with Crippen molar-refractivity contribution in [3.8, 4) is 0 Å². The van der Waals surface area contributed by atoms with Crippen molar-refractivity contribution >= 4 is 51.4 Å². The SMILES string of the molecule is O=C([O-])C1=C(CSc2nnnn2CS(=O)(=O)[O-])CS[C@H]2[C@@H](NC(=O)[C@@H](O)c3ccccc3)C(=O)N12.[Na+].[Na+]. The van der Waals surface area contributed by atoms with Gasteiger partial charge < -0.3 is 24.9 Å². The normalized spacial score (nSPS) is 19.6. The molecule has 1 fully saturated rings. The van der Waals surface area contributed by atoms with Crippen LogP contribution in [0.1, 0.15) is 11.7 Å². The Morgan fingerprint density at radius 1 is 1.27 bits per heavy atom. The molecule has 2 aliphatic rings. The maximum Gasteiger partial charge on any atom is 1.00 e. The van der Waals surface area contributed by atoms with Crippen molar-refractivity contribution in [3.05, 3.63) is 47.2 Å². The second-order valence-electron chi connectivity index (χ2n) is 7.39. The minimum atomic E-state index is -4.66. The molecule has 1 aromatic heterocycles. The maximum atomic E-state index is 12.7. The van der Waals surface area contributed by atoms with Crippen molar-refractivity contribution in [1.82, 2.24) is 30.4 Å². The van der Waals surface area contributed by atoms with E-state index in [-0.39, 0.29) is 81.5 Å². The molecule has 3 heterocycles. The summed E-state index contributed by atoms with van der Waals surface area (Å²) in [6, 6.07) is 7.08. The molecule has 0 saturated carbocycles. The average molecular weight is 587 g/mol. The first-order valence-electron chi connectivity index (χ1n) is 9.81. The molecule has 0 unspecified atom stereocenters. The number of thioether (sulfide) groups is 2. The van der Waals surface area contributed by atoms with Gasteiger partial charge in [-0.15, -0.1) is 16.9 Å². The molecule has 37 heavy (non-hydrogen) atoms. The van der Waals surface area contributed by atoms with Gasteiger partial charge in [0.2, 0.25) is 5.16 Å². The molecule has 2 aromatic rings. The van der Waals surface area contributed by atoms with Gasteiger partial charge in [-0.3, -0.25) is 14.5 Å². The van der Waals surface area contributed by atoms with Gasteiger partial charge in [0.25, 0.3) is 11.8 Å². The zero-order chi connectivity index (χ0) is 25.3. The van der Waals surface area contributed by atoms with Crippen LogP contribution in [0.15, 0.2) is 46.8 Å². The Kier molecular flexibility index (Phi) is 11.7. The zero-order valence-corrected chi connectivity index (χ0v) is 26.0. The maximum absolute atomic E-state index is 12.7. The number of aromatic nitrogens is 4. The van der Waals surface area contributed by atoms with Crippen LogP contribution in [0.4, 0.5) is 0 Å². The van der Waals surface area contributed by atoms with Crippen LogP contribution in [0.2, 0.25) is 0 Å². The van der Waals surface area contributed by atoms with E-state index in [0.29, 0.717) is 11.1 Å². The molecule has 0 aliphatic carbocycles. The molecule has 14 nitrogen and oxygen atoms in total. The average Bonchev–Trinajstić information content (AvgIpc) is 3.25. The van der Waals surface area contributed by atoms with Gasteiger partial charge in [0, 0.05) is 11.5 Å². The fourth-order valence-electron chi connectivity index (χ4n) is 3.48. The van der Waals surface area contributed by atoms with Crippen LogP contribution in [-0.2, 0) is 30.4 Å². The molecule has 4 rings (SSSR count). The number of β-lactam (4-membered cyclic amide) rings is 1. The summed E-state index contributed by atoms with van der Waals surface area (Å²) in [5.41, 5.74) is 0.265. The standard InChI is InChI=1S/C18H18N6O8S3.2Na/c25-13(9-4-2-1-3-5-9)14(26)19-11-15(27)24-12(17(28)29)10(6-33-16(11)24)7-34-18-20-21-22-23(18)8-35(30,31)32;;/h1-5,11,13,16,25H,6-8H2,(H,19,26)(H,28,29)(H,30,31,32);;/q;2*+1/p-2/t11-,13-,16-;;/m0../s1. The second-order valence-corrected chi connectivity index (χ2v) is 10.8. The van der Waals surface area contributed by atoms with E-state index in [9.17, 15) is 37.6 Å². The fraction of sp³-hybridized carbons (Fsp3) is 0.333. The number of carboxylic acids is 1. The predicted octanol–water partition coefficient (Wildman–Crippen LogP) is -8.59. The van der Waals surface area contributed by atoms with Gasteiger partial charge in [-0.2, -0.15) is 0 Å². The first-order valence-corrected chi connectivity index (χ1v) is 13.4. The fourth-order valence-corrected chi connectivity index (χ4v) is 6.40. The Balaban J connectivity index is 0.00000241. The molecular weight excluding hydrogens is 570 g/mol. The Labute approximate surface area is 263 Å². The van der Waals surface area contributed by atoms with Crippen molar-refractivity contribution in [3.63, 3.8) is 0 Å². The Morgan fingerprint density at radius 2 is 1.95 bits per heavy atom. The molecular formula is C18H16N6Na2O8S3. The number of fused-ring (bicyclic) bond motifs is 1. The summed E-state index contributed by atoms with van der Waals surface area (Å²) in [4.78, 5) is 38.0. The van der Waals surface area contributed by atoms with Crippen molar-refractivity contribution in [2.75, 3.05) is 11.5 Å². The number of nitrogens with zero attached hydrogens (tertiary/aromatic N) is 5. The first kappa shape index (κ1) is 32.2. The van der Waals surface area contributed by atoms with E-state index in [0.717, 1.165) is 21.3 Å². The van der Waals surface area contributed by atoms with Crippen LogP contribution >= 0.6 is 23.5 Å². The summed E-state index contributed by atoms with van der Waals surface area (Å²) in [5, 5.41) is 34.2.